The summed E-state index contributed by atoms with van der Waals surface area (Å²) in [4.78, 5) is 27.3. The number of amides is 1. The van der Waals surface area contributed by atoms with Crippen LogP contribution in [-0.2, 0) is 0 Å². The number of rotatable bonds is 7. The number of hydrogen-bond acceptors (Lipinski definition) is 8. The number of aromatic nitrogens is 3. The smallest absolute Gasteiger partial charge is 0.248 e. The summed E-state index contributed by atoms with van der Waals surface area (Å²) in [6.07, 6.45) is 11.7. The van der Waals surface area contributed by atoms with Crippen LogP contribution in [0.4, 0.5) is 11.8 Å². The average Bonchev–Trinajstić information content (AvgIpc) is 2.94. The molecule has 9 nitrogen and oxygen atoms in total. The van der Waals surface area contributed by atoms with Gasteiger partial charge in [-0.15, -0.1) is 0 Å². The van der Waals surface area contributed by atoms with Crippen molar-refractivity contribution >= 4 is 17.7 Å². The highest BCUT2D eigenvalue weighted by Crippen LogP contribution is 2.29. The molecule has 9 heteroatoms. The van der Waals surface area contributed by atoms with Crippen molar-refractivity contribution in [2.75, 3.05) is 23.3 Å². The Morgan fingerprint density at radius 1 is 1.08 bits per heavy atom. The molecule has 1 aromatic carbocycles. The number of nitrogens with two attached hydrogens (primary N) is 1. The van der Waals surface area contributed by atoms with Gasteiger partial charge in [-0.25, -0.2) is 15.0 Å². The van der Waals surface area contributed by atoms with Crippen LogP contribution in [0.3, 0.4) is 0 Å². The van der Waals surface area contributed by atoms with Crippen LogP contribution in [0.15, 0.2) is 55.0 Å². The quantitative estimate of drug-likeness (QED) is 0.436. The largest absolute Gasteiger partial charge is 0.366 e. The molecular weight excluding hydrogens is 476 g/mol. The Hall–Kier alpha value is -4.03. The summed E-state index contributed by atoms with van der Waals surface area (Å²) in [7, 11) is 0. The topological polar surface area (TPSA) is 133 Å². The lowest BCUT2D eigenvalue weighted by Gasteiger charge is -2.46. The van der Waals surface area contributed by atoms with Gasteiger partial charge in [0, 0.05) is 42.5 Å². The molecule has 1 aliphatic heterocycles. The molecule has 2 aromatic heterocycles. The molecule has 3 atom stereocenters. The van der Waals surface area contributed by atoms with Crippen molar-refractivity contribution in [3.05, 3.63) is 66.1 Å². The Balaban J connectivity index is 1.28. The van der Waals surface area contributed by atoms with Gasteiger partial charge in [-0.1, -0.05) is 25.0 Å². The van der Waals surface area contributed by atoms with Crippen molar-refractivity contribution in [3.8, 4) is 17.2 Å². The second-order valence-electron chi connectivity index (χ2n) is 10.6. The summed E-state index contributed by atoms with van der Waals surface area (Å²) in [5, 5.41) is 16.8. The van der Waals surface area contributed by atoms with Crippen molar-refractivity contribution in [2.24, 2.45) is 5.73 Å². The summed E-state index contributed by atoms with van der Waals surface area (Å²) >= 11 is 0. The molecule has 196 valence electrons. The van der Waals surface area contributed by atoms with Gasteiger partial charge in [-0.3, -0.25) is 4.79 Å². The summed E-state index contributed by atoms with van der Waals surface area (Å²) in [6, 6.07) is 14.0. The molecule has 5 rings (SSSR count). The van der Waals surface area contributed by atoms with Gasteiger partial charge in [0.15, 0.2) is 0 Å². The third kappa shape index (κ3) is 5.92. The van der Waals surface area contributed by atoms with Crippen LogP contribution in [0.2, 0.25) is 0 Å². The lowest BCUT2D eigenvalue weighted by atomic mass is 9.85. The number of pyridine rings is 1. The lowest BCUT2D eigenvalue weighted by Crippen LogP contribution is -2.61. The summed E-state index contributed by atoms with van der Waals surface area (Å²) in [6.45, 7) is 4.01. The Morgan fingerprint density at radius 2 is 1.84 bits per heavy atom. The minimum atomic E-state index is -0.434. The molecule has 1 aliphatic carbocycles. The predicted molar refractivity (Wildman–Crippen MR) is 148 cm³/mol. The predicted octanol–water partition coefficient (Wildman–Crippen LogP) is 3.88. The van der Waals surface area contributed by atoms with E-state index in [9.17, 15) is 4.79 Å². The molecule has 0 unspecified atom stereocenters. The molecule has 1 amide bonds. The highest BCUT2D eigenvalue weighted by atomic mass is 16.1. The van der Waals surface area contributed by atoms with E-state index >= 15 is 0 Å². The highest BCUT2D eigenvalue weighted by molar-refractivity contribution is 5.94. The van der Waals surface area contributed by atoms with E-state index in [2.05, 4.69) is 43.5 Å². The zero-order valence-corrected chi connectivity index (χ0v) is 21.7. The fourth-order valence-electron chi connectivity index (χ4n) is 5.73. The van der Waals surface area contributed by atoms with E-state index in [1.54, 1.807) is 24.7 Å². The average molecular weight is 511 g/mol. The van der Waals surface area contributed by atoms with E-state index in [0.717, 1.165) is 55.7 Å². The number of carbonyl (C=O) groups excluding carboxylic acids is 1. The molecule has 0 radical (unpaired) electrons. The van der Waals surface area contributed by atoms with Crippen molar-refractivity contribution in [1.82, 2.24) is 20.3 Å². The maximum atomic E-state index is 11.6. The van der Waals surface area contributed by atoms with Crippen LogP contribution in [0.1, 0.15) is 61.4 Å². The first-order chi connectivity index (χ1) is 18.4. The number of benzene rings is 1. The van der Waals surface area contributed by atoms with Gasteiger partial charge < -0.3 is 21.3 Å². The molecule has 0 spiro atoms. The molecule has 3 aromatic rings. The number of nitrogens with zero attached hydrogens (tertiary/aromatic N) is 5. The molecule has 0 bridgehead atoms. The van der Waals surface area contributed by atoms with Crippen LogP contribution >= 0.6 is 0 Å². The lowest BCUT2D eigenvalue weighted by molar-refractivity contribution is 0.100. The van der Waals surface area contributed by atoms with Crippen LogP contribution in [-0.4, -0.2) is 51.6 Å². The summed E-state index contributed by atoms with van der Waals surface area (Å²) < 4.78 is 0. The SMILES string of the molecule is C[C@]1(N[C@@H]2CCCC[C@H]2Nc2cc(-c3cccc(C(N)=O)c3)ccn2)CCCN(c2ncc(C#N)cn2)C1. The molecule has 1 saturated carbocycles. The maximum absolute atomic E-state index is 11.6. The first-order valence-electron chi connectivity index (χ1n) is 13.3. The Labute approximate surface area is 223 Å². The molecule has 2 aliphatic rings. The number of nitriles is 1. The van der Waals surface area contributed by atoms with Gasteiger partial charge >= 0.3 is 0 Å². The number of primary amides is 1. The number of nitrogens with one attached hydrogen (secondary N) is 2. The monoisotopic (exact) mass is 510 g/mol. The second-order valence-corrected chi connectivity index (χ2v) is 10.6. The van der Waals surface area contributed by atoms with Gasteiger partial charge in [-0.2, -0.15) is 5.26 Å². The number of carbonyl (C=O) groups is 1. The molecule has 4 N–H and O–H groups in total. The normalized spacial score (nSPS) is 23.4. The van der Waals surface area contributed by atoms with E-state index in [0.29, 0.717) is 23.1 Å². The third-order valence-electron chi connectivity index (χ3n) is 7.62. The molecule has 2 fully saturated rings. The van der Waals surface area contributed by atoms with Crippen LogP contribution in [0.5, 0.6) is 0 Å². The van der Waals surface area contributed by atoms with Crippen LogP contribution in [0.25, 0.3) is 11.1 Å². The summed E-state index contributed by atoms with van der Waals surface area (Å²) in [5.41, 5.74) is 8.29. The number of anilines is 2. The molecular formula is C29H34N8O. The minimum Gasteiger partial charge on any atom is -0.366 e. The summed E-state index contributed by atoms with van der Waals surface area (Å²) in [5.74, 6) is 1.07. The van der Waals surface area contributed by atoms with Crippen molar-refractivity contribution in [2.45, 2.75) is 63.1 Å². The van der Waals surface area contributed by atoms with Crippen molar-refractivity contribution in [1.29, 1.82) is 5.26 Å². The van der Waals surface area contributed by atoms with Gasteiger partial charge in [0.25, 0.3) is 0 Å². The standard InChI is InChI=1S/C29H34N8O/c1-29(11-5-13-37(19-29)28-33-17-20(16-30)18-34-28)36-25-9-3-2-8-24(25)35-26-15-22(10-12-32-26)21-6-4-7-23(14-21)27(31)38/h4,6-7,10,12,14-15,17-18,24-25,36H,2-3,5,8-9,11,13,19H2,1H3,(H2,31,38)(H,32,35)/t24-,25-,29+/m1/s1. The Kier molecular flexibility index (Phi) is 7.52. The zero-order valence-electron chi connectivity index (χ0n) is 21.7. The first kappa shape index (κ1) is 25.6. The highest BCUT2D eigenvalue weighted by Gasteiger charge is 2.37. The number of piperidine rings is 1. The minimum absolute atomic E-state index is 0.0814. The van der Waals surface area contributed by atoms with Gasteiger partial charge in [-0.05, 0) is 68.0 Å². The van der Waals surface area contributed by atoms with E-state index in [4.69, 9.17) is 11.0 Å². The van der Waals surface area contributed by atoms with E-state index in [-0.39, 0.29) is 11.6 Å². The second kappa shape index (κ2) is 11.2. The Morgan fingerprint density at radius 3 is 2.61 bits per heavy atom. The van der Waals surface area contributed by atoms with E-state index in [1.165, 1.54) is 12.8 Å². The third-order valence-corrected chi connectivity index (χ3v) is 7.62. The van der Waals surface area contributed by atoms with Gasteiger partial charge in [0.05, 0.1) is 18.0 Å². The van der Waals surface area contributed by atoms with E-state index < -0.39 is 5.91 Å². The van der Waals surface area contributed by atoms with Crippen molar-refractivity contribution < 1.29 is 4.79 Å². The van der Waals surface area contributed by atoms with Crippen LogP contribution < -0.4 is 21.3 Å². The van der Waals surface area contributed by atoms with Gasteiger partial charge in [0.1, 0.15) is 11.9 Å². The number of hydrogen-bond donors (Lipinski definition) is 3. The van der Waals surface area contributed by atoms with Gasteiger partial charge in [0.2, 0.25) is 11.9 Å². The fourth-order valence-corrected chi connectivity index (χ4v) is 5.73. The molecule has 38 heavy (non-hydrogen) atoms. The van der Waals surface area contributed by atoms with E-state index in [1.807, 2.05) is 30.3 Å². The Bertz CT molecular complexity index is 1320. The zero-order chi connectivity index (χ0) is 26.5. The first-order valence-corrected chi connectivity index (χ1v) is 13.3. The van der Waals surface area contributed by atoms with Crippen molar-refractivity contribution in [3.63, 3.8) is 0 Å². The maximum Gasteiger partial charge on any atom is 0.248 e. The fraction of sp³-hybridized carbons (Fsp3) is 0.414. The van der Waals surface area contributed by atoms with Crippen LogP contribution in [0, 0.1) is 11.3 Å². The molecule has 1 saturated heterocycles. The molecule has 3 heterocycles.